The van der Waals surface area contributed by atoms with Crippen molar-refractivity contribution < 1.29 is 9.18 Å². The van der Waals surface area contributed by atoms with Crippen molar-refractivity contribution in [1.29, 1.82) is 0 Å². The minimum atomic E-state index is -0.434. The minimum Gasteiger partial charge on any atom is -0.367 e. The highest BCUT2D eigenvalue weighted by molar-refractivity contribution is 5.97. The van der Waals surface area contributed by atoms with Crippen LogP contribution < -0.4 is 16.1 Å². The number of benzene rings is 1. The predicted molar refractivity (Wildman–Crippen MR) is 91.2 cm³/mol. The van der Waals surface area contributed by atoms with Crippen LogP contribution in [0.15, 0.2) is 23.1 Å². The molecule has 0 radical (unpaired) electrons. The van der Waals surface area contributed by atoms with Gasteiger partial charge in [-0.05, 0) is 38.3 Å². The van der Waals surface area contributed by atoms with E-state index in [4.69, 9.17) is 5.73 Å². The summed E-state index contributed by atoms with van der Waals surface area (Å²) in [6.07, 6.45) is 4.49. The van der Waals surface area contributed by atoms with Gasteiger partial charge in [-0.3, -0.25) is 9.59 Å². The Kier molecular flexibility index (Phi) is 3.46. The summed E-state index contributed by atoms with van der Waals surface area (Å²) in [6.45, 7) is 2.69. The number of halogens is 1. The molecule has 6 heteroatoms. The predicted octanol–water partition coefficient (Wildman–Crippen LogP) is 2.22. The largest absolute Gasteiger partial charge is 0.367 e. The van der Waals surface area contributed by atoms with Gasteiger partial charge < -0.3 is 15.2 Å². The molecule has 24 heavy (non-hydrogen) atoms. The molecule has 2 heterocycles. The van der Waals surface area contributed by atoms with E-state index in [9.17, 15) is 14.0 Å². The number of Topliss-reactive ketones (excluding diaryl/α,β-unsaturated/α-hetero) is 1. The number of carbonyl (C=O) groups excluding carboxylic acids is 1. The summed E-state index contributed by atoms with van der Waals surface area (Å²) >= 11 is 0. The van der Waals surface area contributed by atoms with Crippen LogP contribution >= 0.6 is 0 Å². The third-order valence-electron chi connectivity index (χ3n) is 4.99. The lowest BCUT2D eigenvalue weighted by Crippen LogP contribution is -2.27. The highest BCUT2D eigenvalue weighted by atomic mass is 19.1. The second kappa shape index (κ2) is 5.41. The lowest BCUT2D eigenvalue weighted by atomic mass is 10.1. The van der Waals surface area contributed by atoms with Crippen molar-refractivity contribution in [2.24, 2.45) is 5.73 Å². The van der Waals surface area contributed by atoms with Gasteiger partial charge in [0.05, 0.1) is 16.8 Å². The molecule has 2 fully saturated rings. The fourth-order valence-electron chi connectivity index (χ4n) is 3.51. The number of ketones is 1. The number of nitrogens with two attached hydrogens (primary N) is 1. The zero-order valence-electron chi connectivity index (χ0n) is 13.6. The lowest BCUT2D eigenvalue weighted by Gasteiger charge is -2.21. The minimum absolute atomic E-state index is 0.0470. The van der Waals surface area contributed by atoms with Crippen LogP contribution in [0.25, 0.3) is 10.9 Å². The molecule has 2 aliphatic rings. The fraction of sp³-hybridized carbons (Fsp3) is 0.444. The fourth-order valence-corrected chi connectivity index (χ4v) is 3.51. The molecule has 4 rings (SSSR count). The van der Waals surface area contributed by atoms with Crippen LogP contribution in [-0.4, -0.2) is 29.5 Å². The summed E-state index contributed by atoms with van der Waals surface area (Å²) in [5.41, 5.74) is 6.86. The summed E-state index contributed by atoms with van der Waals surface area (Å²) in [5.74, 6) is -0.719. The van der Waals surface area contributed by atoms with Gasteiger partial charge in [-0.1, -0.05) is 0 Å². The van der Waals surface area contributed by atoms with E-state index in [1.54, 1.807) is 12.3 Å². The van der Waals surface area contributed by atoms with Gasteiger partial charge in [-0.15, -0.1) is 0 Å². The second-order valence-electron chi connectivity index (χ2n) is 6.88. The Morgan fingerprint density at radius 3 is 2.62 bits per heavy atom. The average molecular weight is 329 g/mol. The van der Waals surface area contributed by atoms with Gasteiger partial charge >= 0.3 is 0 Å². The Morgan fingerprint density at radius 1 is 1.29 bits per heavy atom. The van der Waals surface area contributed by atoms with Gasteiger partial charge in [-0.25, -0.2) is 4.39 Å². The van der Waals surface area contributed by atoms with Crippen LogP contribution in [0.3, 0.4) is 0 Å². The molecule has 1 unspecified atom stereocenters. The van der Waals surface area contributed by atoms with Gasteiger partial charge in [0.15, 0.2) is 11.2 Å². The first-order chi connectivity index (χ1) is 11.5. The van der Waals surface area contributed by atoms with Gasteiger partial charge in [-0.2, -0.15) is 0 Å². The Morgan fingerprint density at radius 2 is 2.04 bits per heavy atom. The molecule has 1 atom stereocenters. The lowest BCUT2D eigenvalue weighted by molar-refractivity contribution is 0.101. The van der Waals surface area contributed by atoms with Crippen LogP contribution in [0.2, 0.25) is 0 Å². The number of rotatable bonds is 3. The molecule has 1 saturated heterocycles. The average Bonchev–Trinajstić information content (AvgIpc) is 3.28. The van der Waals surface area contributed by atoms with Crippen molar-refractivity contribution in [3.8, 4) is 0 Å². The van der Waals surface area contributed by atoms with Crippen LogP contribution in [-0.2, 0) is 0 Å². The molecule has 1 saturated carbocycles. The molecule has 5 nitrogen and oxygen atoms in total. The maximum absolute atomic E-state index is 14.6. The Bertz CT molecular complexity index is 901. The van der Waals surface area contributed by atoms with E-state index in [1.807, 2.05) is 9.47 Å². The van der Waals surface area contributed by atoms with Crippen LogP contribution in [0, 0.1) is 5.82 Å². The van der Waals surface area contributed by atoms with E-state index >= 15 is 0 Å². The SMILES string of the molecule is CC(=O)c1cn(C2CC2)c2cc(N3CCC(N)C3)c(F)cc2c1=O. The van der Waals surface area contributed by atoms with Crippen molar-refractivity contribution in [2.45, 2.75) is 38.3 Å². The molecule has 1 aliphatic carbocycles. The number of aromatic nitrogens is 1. The summed E-state index contributed by atoms with van der Waals surface area (Å²) < 4.78 is 16.6. The Balaban J connectivity index is 1.95. The third kappa shape index (κ3) is 2.41. The van der Waals surface area contributed by atoms with Crippen molar-refractivity contribution in [1.82, 2.24) is 4.57 Å². The van der Waals surface area contributed by atoms with Gasteiger partial charge in [0.1, 0.15) is 5.82 Å². The highest BCUT2D eigenvalue weighted by Gasteiger charge is 2.28. The number of anilines is 1. The van der Waals surface area contributed by atoms with Crippen LogP contribution in [0.1, 0.15) is 42.6 Å². The summed E-state index contributed by atoms with van der Waals surface area (Å²) in [4.78, 5) is 26.3. The standard InChI is InChI=1S/C18H20FN3O2/c1-10(23)14-9-22(12-2-3-12)16-7-17(21-5-4-11(20)8-21)15(19)6-13(16)18(14)24/h6-7,9,11-12H,2-5,8,20H2,1H3. The van der Waals surface area contributed by atoms with Gasteiger partial charge in [0, 0.05) is 36.8 Å². The first-order valence-electron chi connectivity index (χ1n) is 8.35. The van der Waals surface area contributed by atoms with Crippen molar-refractivity contribution >= 4 is 22.4 Å². The Hall–Kier alpha value is -2.21. The molecule has 2 aromatic rings. The normalized spacial score (nSPS) is 20.8. The topological polar surface area (TPSA) is 68.3 Å². The summed E-state index contributed by atoms with van der Waals surface area (Å²) in [7, 11) is 0. The molecule has 126 valence electrons. The van der Waals surface area contributed by atoms with Crippen LogP contribution in [0.5, 0.6) is 0 Å². The van der Waals surface area contributed by atoms with E-state index in [0.717, 1.165) is 19.3 Å². The third-order valence-corrected chi connectivity index (χ3v) is 4.99. The number of fused-ring (bicyclic) bond motifs is 1. The molecule has 0 spiro atoms. The second-order valence-corrected chi connectivity index (χ2v) is 6.88. The molecule has 0 amide bonds. The monoisotopic (exact) mass is 329 g/mol. The van der Waals surface area contributed by atoms with Crippen LogP contribution in [0.4, 0.5) is 10.1 Å². The number of pyridine rings is 1. The molecule has 1 aliphatic heterocycles. The zero-order valence-corrected chi connectivity index (χ0v) is 13.6. The maximum Gasteiger partial charge on any atom is 0.200 e. The summed E-state index contributed by atoms with van der Waals surface area (Å²) in [6, 6.07) is 3.35. The van der Waals surface area contributed by atoms with Gasteiger partial charge in [0.25, 0.3) is 0 Å². The Labute approximate surface area is 138 Å². The highest BCUT2D eigenvalue weighted by Crippen LogP contribution is 2.38. The van der Waals surface area contributed by atoms with Gasteiger partial charge in [0.2, 0.25) is 0 Å². The van der Waals surface area contributed by atoms with Crippen molar-refractivity contribution in [3.05, 3.63) is 39.9 Å². The zero-order chi connectivity index (χ0) is 17.0. The van der Waals surface area contributed by atoms with E-state index < -0.39 is 11.2 Å². The number of hydrogen-bond acceptors (Lipinski definition) is 4. The molecule has 0 bridgehead atoms. The number of carbonyl (C=O) groups is 1. The molecular weight excluding hydrogens is 309 g/mol. The van der Waals surface area contributed by atoms with Crippen molar-refractivity contribution in [2.75, 3.05) is 18.0 Å². The first-order valence-corrected chi connectivity index (χ1v) is 8.35. The smallest absolute Gasteiger partial charge is 0.200 e. The number of hydrogen-bond donors (Lipinski definition) is 1. The molecule has 1 aromatic carbocycles. The van der Waals surface area contributed by atoms with E-state index in [2.05, 4.69) is 0 Å². The quantitative estimate of drug-likeness (QED) is 0.877. The number of nitrogens with zero attached hydrogens (tertiary/aromatic N) is 2. The molecule has 2 N–H and O–H groups in total. The molecule has 1 aromatic heterocycles. The molecular formula is C18H20FN3O2. The van der Waals surface area contributed by atoms with Crippen molar-refractivity contribution in [3.63, 3.8) is 0 Å². The summed E-state index contributed by atoms with van der Waals surface area (Å²) in [5, 5.41) is 0.277. The first kappa shape index (κ1) is 15.3. The van der Waals surface area contributed by atoms with E-state index in [1.165, 1.54) is 13.0 Å². The van der Waals surface area contributed by atoms with E-state index in [0.29, 0.717) is 24.3 Å². The maximum atomic E-state index is 14.6. The van der Waals surface area contributed by atoms with E-state index in [-0.39, 0.29) is 28.8 Å².